The number of aliphatic hydroxyl groups excluding tert-OH is 3. The smallest absolute Gasteiger partial charge is 1.00 e. The molecular weight excluding hydrogens is 522 g/mol. The van der Waals surface area contributed by atoms with Crippen LogP contribution in [-0.4, -0.2) is 45.8 Å². The molecule has 7 nitrogen and oxygen atoms in total. The number of hydrogen-bond donors (Lipinski definition) is 3. The molecule has 0 fully saturated rings. The molecule has 0 bridgehead atoms. The molecule has 2 aromatic heterocycles. The van der Waals surface area contributed by atoms with Crippen LogP contribution in [0.3, 0.4) is 0 Å². The van der Waals surface area contributed by atoms with Gasteiger partial charge in [-0.3, -0.25) is 0 Å². The van der Waals surface area contributed by atoms with Gasteiger partial charge in [-0.05, 0) is 47.5 Å². The zero-order valence-electron chi connectivity index (χ0n) is 21.6. The number of halogens is 4. The van der Waals surface area contributed by atoms with Crippen LogP contribution in [0, 0.1) is 0 Å². The van der Waals surface area contributed by atoms with E-state index in [-0.39, 0.29) is 91.3 Å². The van der Waals surface area contributed by atoms with Crippen LogP contribution in [0.4, 0.5) is 17.6 Å². The van der Waals surface area contributed by atoms with Crippen LogP contribution in [0.25, 0.3) is 21.9 Å². The second-order valence-electron chi connectivity index (χ2n) is 8.19. The first kappa shape index (κ1) is 33.7. The maximum atomic E-state index is 13.5. The van der Waals surface area contributed by atoms with E-state index in [0.29, 0.717) is 21.9 Å². The van der Waals surface area contributed by atoms with Crippen molar-refractivity contribution in [2.45, 2.75) is 45.5 Å². The maximum Gasteiger partial charge on any atom is 1.00 e. The Hall–Kier alpha value is -2.28. The second-order valence-corrected chi connectivity index (χ2v) is 8.19. The molecule has 0 saturated carbocycles. The average Bonchev–Trinajstić information content (AvgIpc) is 3.44. The number of hydrogen-bond acceptors (Lipinski definition) is 7. The molecule has 0 spiro atoms. The van der Waals surface area contributed by atoms with Crippen LogP contribution in [0.1, 0.15) is 53.8 Å². The van der Waals surface area contributed by atoms with E-state index < -0.39 is 17.8 Å². The van der Waals surface area contributed by atoms with Gasteiger partial charge in [0.25, 0.3) is 11.8 Å². The zero-order valence-corrected chi connectivity index (χ0v) is 20.6. The number of carbonyl (C=O) groups excluding carboxylic acids is 1. The van der Waals surface area contributed by atoms with E-state index in [2.05, 4.69) is 4.74 Å². The van der Waals surface area contributed by atoms with Gasteiger partial charge in [-0.1, -0.05) is 0 Å². The molecule has 0 atom stereocenters. The number of esters is 1. The molecule has 38 heavy (non-hydrogen) atoms. The van der Waals surface area contributed by atoms with E-state index in [1.807, 2.05) is 0 Å². The largest absolute Gasteiger partial charge is 1.00 e. The summed E-state index contributed by atoms with van der Waals surface area (Å²) in [5.74, 6) is -6.88. The van der Waals surface area contributed by atoms with E-state index in [4.69, 9.17) is 24.2 Å². The van der Waals surface area contributed by atoms with Crippen LogP contribution in [0.15, 0.2) is 45.2 Å². The summed E-state index contributed by atoms with van der Waals surface area (Å²) in [4.78, 5) is 11.3. The fourth-order valence-electron chi connectivity index (χ4n) is 3.60. The number of methoxy groups -OCH3 is 1. The maximum absolute atomic E-state index is 13.5. The molecular formula is C25H28AlF4LiO7. The Morgan fingerprint density at radius 2 is 1.26 bits per heavy atom. The number of carbonyl (C=O) groups is 1. The van der Waals surface area contributed by atoms with Gasteiger partial charge in [0, 0.05) is 24.6 Å². The van der Waals surface area contributed by atoms with Crippen molar-refractivity contribution >= 4 is 45.3 Å². The van der Waals surface area contributed by atoms with Crippen LogP contribution >= 0.6 is 0 Å². The Kier molecular flexibility index (Phi) is 11.7. The summed E-state index contributed by atoms with van der Waals surface area (Å²) >= 11 is 0. The molecule has 0 aliphatic rings. The monoisotopic (exact) mass is 550 g/mol. The summed E-state index contributed by atoms with van der Waals surface area (Å²) in [5.41, 5.74) is 0.0346. The number of furan rings is 2. The van der Waals surface area contributed by atoms with E-state index in [1.165, 1.54) is 31.4 Å². The molecule has 13 heteroatoms. The van der Waals surface area contributed by atoms with Crippen molar-refractivity contribution < 1.29 is 71.5 Å². The van der Waals surface area contributed by atoms with E-state index in [0.717, 1.165) is 19.9 Å². The fraction of sp³-hybridized carbons (Fsp3) is 0.320. The Morgan fingerprint density at radius 1 is 0.816 bits per heavy atom. The minimum atomic E-state index is -3.14. The number of benzene rings is 2. The summed E-state index contributed by atoms with van der Waals surface area (Å²) < 4.78 is 68.7. The Bertz CT molecular complexity index is 1400. The SMILES string of the molecule is CC(F)(F)c1cc(CO)cc2cc(CO)oc12.COC(=O)c1cc2cc(CO)cc(C(C)(F)F)c2o1.[AlH3].[H-].[Li+]. The van der Waals surface area contributed by atoms with Crippen LogP contribution < -0.4 is 18.9 Å². The third kappa shape index (κ3) is 7.43. The number of ether oxygens (including phenoxy) is 1. The first-order valence-electron chi connectivity index (χ1n) is 10.6. The predicted octanol–water partition coefficient (Wildman–Crippen LogP) is 1.29. The Labute approximate surface area is 239 Å². The summed E-state index contributed by atoms with van der Waals surface area (Å²) in [6.07, 6.45) is 0. The van der Waals surface area contributed by atoms with Crippen molar-refractivity contribution in [1.82, 2.24) is 0 Å². The third-order valence-corrected chi connectivity index (χ3v) is 5.26. The first-order chi connectivity index (χ1) is 16.8. The zero-order chi connectivity index (χ0) is 26.8. The quantitative estimate of drug-likeness (QED) is 0.188. The van der Waals surface area contributed by atoms with Gasteiger partial charge < -0.3 is 30.3 Å². The predicted molar refractivity (Wildman–Crippen MR) is 132 cm³/mol. The van der Waals surface area contributed by atoms with E-state index in [9.17, 15) is 22.4 Å². The standard InChI is InChI=1S/C13H12F2O4.C12H12F2O3.Al.Li.4H/c1-13(14,15)9-4-7(6-16)3-8-5-10(12(17)18-2)19-11(8)9;1-12(13,14)10-3-7(5-15)2-8-4-9(6-16)17-11(8)10;;;;;;/h3-5,16H,6H2,1-2H3;2-4,15-16H,5-6H2,1H3;;;;;;/q;;;+1;;;;-1. The molecule has 0 unspecified atom stereocenters. The van der Waals surface area contributed by atoms with Crippen LogP contribution in [0.5, 0.6) is 0 Å². The normalized spacial score (nSPS) is 11.4. The topological polar surface area (TPSA) is 113 Å². The Morgan fingerprint density at radius 3 is 1.66 bits per heavy atom. The molecule has 0 aliphatic carbocycles. The van der Waals surface area contributed by atoms with E-state index in [1.54, 1.807) is 6.07 Å². The van der Waals surface area contributed by atoms with Crippen LogP contribution in [-0.2, 0) is 36.4 Å². The second kappa shape index (κ2) is 13.2. The fourth-order valence-corrected chi connectivity index (χ4v) is 3.60. The van der Waals surface area contributed by atoms with Crippen molar-refractivity contribution in [2.24, 2.45) is 0 Å². The molecule has 4 aromatic rings. The Balaban J connectivity index is 0.000000691. The van der Waals surface area contributed by atoms with Gasteiger partial charge in [0.1, 0.15) is 23.5 Å². The molecule has 2 aromatic carbocycles. The summed E-state index contributed by atoms with van der Waals surface area (Å²) in [7, 11) is 1.17. The van der Waals surface area contributed by atoms with Gasteiger partial charge >= 0.3 is 24.8 Å². The number of alkyl halides is 4. The van der Waals surface area contributed by atoms with Crippen LogP contribution in [0.2, 0.25) is 0 Å². The molecule has 2 heterocycles. The number of fused-ring (bicyclic) bond motifs is 2. The van der Waals surface area contributed by atoms with Crippen molar-refractivity contribution in [1.29, 1.82) is 0 Å². The van der Waals surface area contributed by atoms with Crippen molar-refractivity contribution in [3.8, 4) is 0 Å². The number of aliphatic hydroxyl groups is 3. The van der Waals surface area contributed by atoms with Crippen molar-refractivity contribution in [2.75, 3.05) is 7.11 Å². The summed E-state index contributed by atoms with van der Waals surface area (Å²) in [6, 6.07) is 8.23. The average molecular weight is 550 g/mol. The van der Waals surface area contributed by atoms with Gasteiger partial charge in [0.05, 0.1) is 31.5 Å². The van der Waals surface area contributed by atoms with E-state index >= 15 is 0 Å². The minimum Gasteiger partial charge on any atom is -1.00 e. The molecule has 0 radical (unpaired) electrons. The molecule has 202 valence electrons. The third-order valence-electron chi connectivity index (χ3n) is 5.26. The minimum absolute atomic E-state index is 0. The van der Waals surface area contributed by atoms with Gasteiger partial charge in [-0.2, -0.15) is 0 Å². The summed E-state index contributed by atoms with van der Waals surface area (Å²) in [5, 5.41) is 27.8. The molecule has 0 saturated heterocycles. The van der Waals surface area contributed by atoms with Crippen molar-refractivity contribution in [3.05, 3.63) is 70.2 Å². The summed E-state index contributed by atoms with van der Waals surface area (Å²) in [6.45, 7) is 0.446. The molecule has 3 N–H and O–H groups in total. The van der Waals surface area contributed by atoms with Crippen molar-refractivity contribution in [3.63, 3.8) is 0 Å². The van der Waals surface area contributed by atoms with Gasteiger partial charge in [-0.15, -0.1) is 0 Å². The number of rotatable bonds is 6. The molecule has 4 rings (SSSR count). The first-order valence-corrected chi connectivity index (χ1v) is 10.6. The van der Waals surface area contributed by atoms with Gasteiger partial charge in [-0.25, -0.2) is 22.4 Å². The van der Waals surface area contributed by atoms with Gasteiger partial charge in [0.2, 0.25) is 5.76 Å². The molecule has 0 amide bonds. The molecule has 0 aliphatic heterocycles. The van der Waals surface area contributed by atoms with Gasteiger partial charge in [0.15, 0.2) is 17.4 Å².